The molecule has 80 valence electrons. The second-order valence-electron chi connectivity index (χ2n) is 4.63. The molecule has 0 saturated carbocycles. The lowest BCUT2D eigenvalue weighted by Crippen LogP contribution is -2.29. The van der Waals surface area contributed by atoms with Crippen LogP contribution >= 0.6 is 0 Å². The van der Waals surface area contributed by atoms with Crippen molar-refractivity contribution >= 4 is 5.69 Å². The second-order valence-corrected chi connectivity index (χ2v) is 4.63. The summed E-state index contributed by atoms with van der Waals surface area (Å²) in [6.45, 7) is 3.04. The normalized spacial score (nSPS) is 29.6. The quantitative estimate of drug-likeness (QED) is 0.756. The van der Waals surface area contributed by atoms with E-state index < -0.39 is 0 Å². The van der Waals surface area contributed by atoms with E-state index in [2.05, 4.69) is 29.6 Å². The molecule has 0 aromatic heterocycles. The Kier molecular flexibility index (Phi) is 2.37. The van der Waals surface area contributed by atoms with Gasteiger partial charge in [-0.1, -0.05) is 18.2 Å². The lowest BCUT2D eigenvalue weighted by Gasteiger charge is -2.29. The topological polar surface area (TPSA) is 21.3 Å². The molecule has 0 aliphatic carbocycles. The van der Waals surface area contributed by atoms with Crippen LogP contribution in [0.25, 0.3) is 0 Å². The minimum absolute atomic E-state index is 0.766. The fourth-order valence-electron chi connectivity index (χ4n) is 2.72. The summed E-state index contributed by atoms with van der Waals surface area (Å²) in [5.41, 5.74) is 2.80. The lowest BCUT2D eigenvalue weighted by molar-refractivity contribution is 0.172. The maximum absolute atomic E-state index is 5.47. The van der Waals surface area contributed by atoms with E-state index in [4.69, 9.17) is 4.74 Å². The van der Waals surface area contributed by atoms with Crippen LogP contribution in [0.5, 0.6) is 0 Å². The number of para-hydroxylation sites is 1. The van der Waals surface area contributed by atoms with Gasteiger partial charge in [-0.25, -0.2) is 0 Å². The third kappa shape index (κ3) is 1.74. The zero-order valence-corrected chi connectivity index (χ0v) is 8.91. The van der Waals surface area contributed by atoms with Gasteiger partial charge in [-0.05, 0) is 36.3 Å². The molecule has 0 bridgehead atoms. The highest BCUT2D eigenvalue weighted by atomic mass is 16.5. The third-order valence-electron chi connectivity index (χ3n) is 3.69. The van der Waals surface area contributed by atoms with Crippen molar-refractivity contribution in [3.8, 4) is 0 Å². The van der Waals surface area contributed by atoms with Gasteiger partial charge in [0.15, 0.2) is 0 Å². The Balaban J connectivity index is 1.76. The molecule has 1 aromatic rings. The number of anilines is 1. The minimum atomic E-state index is 0.766. The van der Waals surface area contributed by atoms with Crippen LogP contribution in [0.2, 0.25) is 0 Å². The number of rotatable bonds is 1. The fraction of sp³-hybridized carbons (Fsp3) is 0.538. The lowest BCUT2D eigenvalue weighted by atomic mass is 9.83. The molecule has 3 rings (SSSR count). The maximum Gasteiger partial charge on any atom is 0.0498 e. The van der Waals surface area contributed by atoms with Crippen LogP contribution in [-0.4, -0.2) is 19.8 Å². The predicted molar refractivity (Wildman–Crippen MR) is 61.1 cm³/mol. The molecule has 2 unspecified atom stereocenters. The second kappa shape index (κ2) is 3.86. The zero-order valence-electron chi connectivity index (χ0n) is 8.91. The van der Waals surface area contributed by atoms with E-state index in [0.29, 0.717) is 0 Å². The molecule has 0 spiro atoms. The van der Waals surface area contributed by atoms with Gasteiger partial charge in [-0.2, -0.15) is 0 Å². The molecule has 1 aromatic carbocycles. The van der Waals surface area contributed by atoms with Gasteiger partial charge in [0.05, 0.1) is 0 Å². The van der Waals surface area contributed by atoms with E-state index in [-0.39, 0.29) is 0 Å². The van der Waals surface area contributed by atoms with E-state index in [9.17, 15) is 0 Å². The fourth-order valence-corrected chi connectivity index (χ4v) is 2.72. The Morgan fingerprint density at radius 1 is 1.20 bits per heavy atom. The molecule has 2 nitrogen and oxygen atoms in total. The molecule has 1 N–H and O–H groups in total. The van der Waals surface area contributed by atoms with E-state index >= 15 is 0 Å². The first-order valence-electron chi connectivity index (χ1n) is 5.83. The van der Waals surface area contributed by atoms with Crippen molar-refractivity contribution in [2.45, 2.75) is 12.8 Å². The maximum atomic E-state index is 5.47. The van der Waals surface area contributed by atoms with Crippen LogP contribution in [0.1, 0.15) is 12.0 Å². The summed E-state index contributed by atoms with van der Waals surface area (Å²) in [4.78, 5) is 0. The van der Waals surface area contributed by atoms with Crippen LogP contribution in [0.4, 0.5) is 5.69 Å². The Hall–Kier alpha value is -1.02. The van der Waals surface area contributed by atoms with E-state index in [1.54, 1.807) is 0 Å². The molecule has 2 aliphatic rings. The predicted octanol–water partition coefficient (Wildman–Crippen LogP) is 2.31. The Morgan fingerprint density at radius 2 is 2.13 bits per heavy atom. The van der Waals surface area contributed by atoms with Crippen molar-refractivity contribution in [3.63, 3.8) is 0 Å². The van der Waals surface area contributed by atoms with Gasteiger partial charge >= 0.3 is 0 Å². The molecule has 2 aliphatic heterocycles. The molecule has 2 heteroatoms. The number of hydrogen-bond acceptors (Lipinski definition) is 2. The van der Waals surface area contributed by atoms with Gasteiger partial charge in [0.1, 0.15) is 0 Å². The summed E-state index contributed by atoms with van der Waals surface area (Å²) < 4.78 is 5.47. The minimum Gasteiger partial charge on any atom is -0.385 e. The summed E-state index contributed by atoms with van der Waals surface area (Å²) in [6, 6.07) is 8.65. The van der Waals surface area contributed by atoms with Gasteiger partial charge in [0, 0.05) is 25.4 Å². The van der Waals surface area contributed by atoms with Gasteiger partial charge in [-0.15, -0.1) is 0 Å². The summed E-state index contributed by atoms with van der Waals surface area (Å²) in [6.07, 6.45) is 2.46. The highest BCUT2D eigenvalue weighted by Crippen LogP contribution is 2.31. The first-order chi connectivity index (χ1) is 7.43. The number of fused-ring (bicyclic) bond motifs is 1. The van der Waals surface area contributed by atoms with Crippen LogP contribution in [-0.2, 0) is 11.2 Å². The molecule has 2 atom stereocenters. The Bertz CT molecular complexity index is 344. The first kappa shape index (κ1) is 9.22. The summed E-state index contributed by atoms with van der Waals surface area (Å²) in [7, 11) is 0. The monoisotopic (exact) mass is 203 g/mol. The Labute approximate surface area is 90.6 Å². The van der Waals surface area contributed by atoms with E-state index in [1.807, 2.05) is 0 Å². The molecule has 0 amide bonds. The van der Waals surface area contributed by atoms with Gasteiger partial charge in [-0.3, -0.25) is 0 Å². The van der Waals surface area contributed by atoms with Crippen molar-refractivity contribution in [2.75, 3.05) is 25.1 Å². The van der Waals surface area contributed by atoms with Crippen LogP contribution in [0.3, 0.4) is 0 Å². The molecule has 2 heterocycles. The largest absolute Gasteiger partial charge is 0.385 e. The summed E-state index contributed by atoms with van der Waals surface area (Å²) in [5.74, 6) is 1.54. The van der Waals surface area contributed by atoms with Crippen LogP contribution < -0.4 is 5.32 Å². The zero-order chi connectivity index (χ0) is 10.1. The molecule has 1 fully saturated rings. The molecular formula is C13H17NO. The number of hydrogen-bond donors (Lipinski definition) is 1. The van der Waals surface area contributed by atoms with Crippen molar-refractivity contribution in [1.29, 1.82) is 0 Å². The highest BCUT2D eigenvalue weighted by Gasteiger charge is 2.28. The van der Waals surface area contributed by atoms with Crippen LogP contribution in [0, 0.1) is 11.8 Å². The smallest absolute Gasteiger partial charge is 0.0498 e. The Morgan fingerprint density at radius 3 is 3.00 bits per heavy atom. The third-order valence-corrected chi connectivity index (χ3v) is 3.69. The SMILES string of the molecule is c1ccc2c(c1)CC(C1CCOC1)CN2. The summed E-state index contributed by atoms with van der Waals surface area (Å²) >= 11 is 0. The number of nitrogens with one attached hydrogen (secondary N) is 1. The van der Waals surface area contributed by atoms with E-state index in [1.165, 1.54) is 24.1 Å². The van der Waals surface area contributed by atoms with Gasteiger partial charge < -0.3 is 10.1 Å². The molecular weight excluding hydrogens is 186 g/mol. The van der Waals surface area contributed by atoms with Crippen molar-refractivity contribution < 1.29 is 4.74 Å². The first-order valence-corrected chi connectivity index (χ1v) is 5.83. The molecule has 15 heavy (non-hydrogen) atoms. The summed E-state index contributed by atoms with van der Waals surface area (Å²) in [5, 5.41) is 3.53. The van der Waals surface area contributed by atoms with Gasteiger partial charge in [0.25, 0.3) is 0 Å². The van der Waals surface area contributed by atoms with Crippen molar-refractivity contribution in [2.24, 2.45) is 11.8 Å². The number of benzene rings is 1. The number of ether oxygens (including phenoxy) is 1. The van der Waals surface area contributed by atoms with E-state index in [0.717, 1.165) is 31.6 Å². The molecule has 0 radical (unpaired) electrons. The van der Waals surface area contributed by atoms with Gasteiger partial charge in [0.2, 0.25) is 0 Å². The highest BCUT2D eigenvalue weighted by molar-refractivity contribution is 5.53. The van der Waals surface area contributed by atoms with Crippen LogP contribution in [0.15, 0.2) is 24.3 Å². The van der Waals surface area contributed by atoms with Crippen molar-refractivity contribution in [3.05, 3.63) is 29.8 Å². The molecule has 1 saturated heterocycles. The standard InChI is InChI=1S/C13H17NO/c1-2-4-13-10(3-1)7-12(8-14-13)11-5-6-15-9-11/h1-4,11-12,14H,5-9H2. The van der Waals surface area contributed by atoms with Crippen molar-refractivity contribution in [1.82, 2.24) is 0 Å². The average Bonchev–Trinajstić information content (AvgIpc) is 2.82. The average molecular weight is 203 g/mol.